The first kappa shape index (κ1) is 11.9. The van der Waals surface area contributed by atoms with Gasteiger partial charge in [0.15, 0.2) is 0 Å². The van der Waals surface area contributed by atoms with Crippen molar-refractivity contribution < 1.29 is 9.90 Å². The fourth-order valence-electron chi connectivity index (χ4n) is 2.62. The monoisotopic (exact) mass is 253 g/mol. The second kappa shape index (κ2) is 4.86. The van der Waals surface area contributed by atoms with E-state index >= 15 is 0 Å². The Kier molecular flexibility index (Phi) is 3.05. The van der Waals surface area contributed by atoms with Crippen molar-refractivity contribution in [2.45, 2.75) is 13.0 Å². The number of carboxylic acid groups (broad SMARTS) is 1. The number of carbonyl (C=O) groups is 1. The molecule has 3 rings (SSSR count). The number of aliphatic carboxylic acids is 1. The van der Waals surface area contributed by atoms with Crippen molar-refractivity contribution in [3.63, 3.8) is 0 Å². The quantitative estimate of drug-likeness (QED) is 0.750. The summed E-state index contributed by atoms with van der Waals surface area (Å²) in [6, 6.07) is 14.8. The lowest BCUT2D eigenvalue weighted by atomic mass is 10.0. The summed E-state index contributed by atoms with van der Waals surface area (Å²) in [7, 11) is 0. The summed E-state index contributed by atoms with van der Waals surface area (Å²) in [5.41, 5.74) is 6.46. The molecule has 2 aromatic rings. The SMILES string of the molecule is O=C(O)CNCc1ccc2c(c1)Cc1ccccc1-2. The average Bonchev–Trinajstić information content (AvgIpc) is 2.76. The molecular formula is C16H15NO2. The first-order chi connectivity index (χ1) is 9.24. The Hall–Kier alpha value is -2.13. The predicted octanol–water partition coefficient (Wildman–Crippen LogP) is 2.43. The second-order valence-electron chi connectivity index (χ2n) is 4.82. The summed E-state index contributed by atoms with van der Waals surface area (Å²) in [5, 5.41) is 11.5. The molecule has 19 heavy (non-hydrogen) atoms. The van der Waals surface area contributed by atoms with Crippen LogP contribution in [0, 0.1) is 0 Å². The van der Waals surface area contributed by atoms with Gasteiger partial charge in [-0.25, -0.2) is 0 Å². The van der Waals surface area contributed by atoms with Gasteiger partial charge in [-0.1, -0.05) is 42.5 Å². The summed E-state index contributed by atoms with van der Waals surface area (Å²) in [6.45, 7) is 0.591. The van der Waals surface area contributed by atoms with E-state index in [1.807, 2.05) is 0 Å². The third-order valence-corrected chi connectivity index (χ3v) is 3.46. The van der Waals surface area contributed by atoms with Crippen LogP contribution >= 0.6 is 0 Å². The van der Waals surface area contributed by atoms with Crippen LogP contribution in [-0.4, -0.2) is 17.6 Å². The highest BCUT2D eigenvalue weighted by atomic mass is 16.4. The molecule has 0 spiro atoms. The Bertz CT molecular complexity index is 634. The Balaban J connectivity index is 1.79. The highest BCUT2D eigenvalue weighted by Gasteiger charge is 2.17. The zero-order valence-electron chi connectivity index (χ0n) is 10.5. The van der Waals surface area contributed by atoms with Crippen molar-refractivity contribution in [3.8, 4) is 11.1 Å². The van der Waals surface area contributed by atoms with Gasteiger partial charge in [0.05, 0.1) is 6.54 Å². The lowest BCUT2D eigenvalue weighted by molar-refractivity contribution is -0.135. The number of benzene rings is 2. The molecule has 0 unspecified atom stereocenters. The van der Waals surface area contributed by atoms with E-state index in [9.17, 15) is 4.79 Å². The number of carboxylic acids is 1. The molecule has 2 N–H and O–H groups in total. The van der Waals surface area contributed by atoms with Gasteiger partial charge in [0.2, 0.25) is 0 Å². The molecule has 0 aliphatic heterocycles. The smallest absolute Gasteiger partial charge is 0.317 e. The maximum Gasteiger partial charge on any atom is 0.317 e. The lowest BCUT2D eigenvalue weighted by Crippen LogP contribution is -2.21. The Morgan fingerprint density at radius 2 is 1.89 bits per heavy atom. The highest BCUT2D eigenvalue weighted by Crippen LogP contribution is 2.36. The van der Waals surface area contributed by atoms with Crippen LogP contribution < -0.4 is 5.32 Å². The summed E-state index contributed by atoms with van der Waals surface area (Å²) >= 11 is 0. The molecule has 1 aliphatic rings. The normalized spacial score (nSPS) is 12.0. The average molecular weight is 253 g/mol. The van der Waals surface area contributed by atoms with Gasteiger partial charge in [0.1, 0.15) is 0 Å². The van der Waals surface area contributed by atoms with Crippen molar-refractivity contribution >= 4 is 5.97 Å². The maximum absolute atomic E-state index is 10.5. The van der Waals surface area contributed by atoms with Crippen LogP contribution in [0.1, 0.15) is 16.7 Å². The minimum Gasteiger partial charge on any atom is -0.480 e. The van der Waals surface area contributed by atoms with Crippen molar-refractivity contribution in [2.24, 2.45) is 0 Å². The number of hydrogen-bond acceptors (Lipinski definition) is 2. The van der Waals surface area contributed by atoms with Crippen molar-refractivity contribution in [1.29, 1.82) is 0 Å². The minimum atomic E-state index is -0.825. The van der Waals surface area contributed by atoms with Crippen LogP contribution in [0.25, 0.3) is 11.1 Å². The van der Waals surface area contributed by atoms with E-state index in [-0.39, 0.29) is 6.54 Å². The molecule has 1 aliphatic carbocycles. The Morgan fingerprint density at radius 3 is 2.74 bits per heavy atom. The third kappa shape index (κ3) is 2.37. The van der Waals surface area contributed by atoms with E-state index in [1.54, 1.807) is 0 Å². The van der Waals surface area contributed by atoms with E-state index in [4.69, 9.17) is 5.11 Å². The number of nitrogens with one attached hydrogen (secondary N) is 1. The fraction of sp³-hybridized carbons (Fsp3) is 0.188. The topological polar surface area (TPSA) is 49.3 Å². The van der Waals surface area contributed by atoms with Gasteiger partial charge in [-0.3, -0.25) is 4.79 Å². The largest absolute Gasteiger partial charge is 0.480 e. The summed E-state index contributed by atoms with van der Waals surface area (Å²) in [5.74, 6) is -0.825. The Labute approximate surface area is 111 Å². The van der Waals surface area contributed by atoms with Crippen molar-refractivity contribution in [3.05, 3.63) is 59.2 Å². The molecule has 3 heteroatoms. The van der Waals surface area contributed by atoms with Crippen LogP contribution in [-0.2, 0) is 17.8 Å². The van der Waals surface area contributed by atoms with Gasteiger partial charge in [-0.05, 0) is 34.2 Å². The van der Waals surface area contributed by atoms with Gasteiger partial charge in [-0.2, -0.15) is 0 Å². The van der Waals surface area contributed by atoms with Crippen molar-refractivity contribution in [1.82, 2.24) is 5.32 Å². The number of fused-ring (bicyclic) bond motifs is 3. The first-order valence-electron chi connectivity index (χ1n) is 6.36. The maximum atomic E-state index is 10.5. The molecule has 3 nitrogen and oxygen atoms in total. The van der Waals surface area contributed by atoms with E-state index in [1.165, 1.54) is 22.3 Å². The molecule has 0 radical (unpaired) electrons. The second-order valence-corrected chi connectivity index (χ2v) is 4.82. The van der Waals surface area contributed by atoms with E-state index in [0.717, 1.165) is 12.0 Å². The summed E-state index contributed by atoms with van der Waals surface area (Å²) < 4.78 is 0. The van der Waals surface area contributed by atoms with E-state index in [2.05, 4.69) is 47.8 Å². The summed E-state index contributed by atoms with van der Waals surface area (Å²) in [4.78, 5) is 10.5. The van der Waals surface area contributed by atoms with E-state index in [0.29, 0.717) is 6.54 Å². The molecule has 0 atom stereocenters. The molecule has 96 valence electrons. The van der Waals surface area contributed by atoms with Crippen LogP contribution in [0.2, 0.25) is 0 Å². The number of hydrogen-bond donors (Lipinski definition) is 2. The van der Waals surface area contributed by atoms with Gasteiger partial charge >= 0.3 is 5.97 Å². The van der Waals surface area contributed by atoms with E-state index < -0.39 is 5.97 Å². The van der Waals surface area contributed by atoms with Gasteiger partial charge in [0, 0.05) is 6.54 Å². The molecule has 0 fully saturated rings. The molecule has 0 aromatic heterocycles. The predicted molar refractivity (Wildman–Crippen MR) is 74.0 cm³/mol. The molecule has 0 amide bonds. The first-order valence-corrected chi connectivity index (χ1v) is 6.36. The van der Waals surface area contributed by atoms with Gasteiger partial charge in [-0.15, -0.1) is 0 Å². The van der Waals surface area contributed by atoms with Crippen LogP contribution in [0.4, 0.5) is 0 Å². The zero-order valence-corrected chi connectivity index (χ0v) is 10.5. The van der Waals surface area contributed by atoms with Crippen LogP contribution in [0.15, 0.2) is 42.5 Å². The zero-order chi connectivity index (χ0) is 13.2. The molecule has 0 saturated carbocycles. The van der Waals surface area contributed by atoms with Crippen LogP contribution in [0.3, 0.4) is 0 Å². The fourth-order valence-corrected chi connectivity index (χ4v) is 2.62. The molecular weight excluding hydrogens is 238 g/mol. The third-order valence-electron chi connectivity index (χ3n) is 3.46. The van der Waals surface area contributed by atoms with Crippen LogP contribution in [0.5, 0.6) is 0 Å². The lowest BCUT2D eigenvalue weighted by Gasteiger charge is -2.06. The van der Waals surface area contributed by atoms with Gasteiger partial charge in [0.25, 0.3) is 0 Å². The molecule has 0 heterocycles. The Morgan fingerprint density at radius 1 is 1.11 bits per heavy atom. The molecule has 0 saturated heterocycles. The molecule has 2 aromatic carbocycles. The molecule has 0 bridgehead atoms. The summed E-state index contributed by atoms with van der Waals surface area (Å²) in [6.07, 6.45) is 0.971. The minimum absolute atomic E-state index is 0.00267. The van der Waals surface area contributed by atoms with Crippen molar-refractivity contribution in [2.75, 3.05) is 6.54 Å². The van der Waals surface area contributed by atoms with Gasteiger partial charge < -0.3 is 10.4 Å². The highest BCUT2D eigenvalue weighted by molar-refractivity contribution is 5.76. The number of rotatable bonds is 4. The standard InChI is InChI=1S/C16H15NO2/c18-16(19)10-17-9-11-5-6-15-13(7-11)8-12-3-1-2-4-14(12)15/h1-7,17H,8-10H2,(H,18,19).